The summed E-state index contributed by atoms with van der Waals surface area (Å²) in [4.78, 5) is 0. The Morgan fingerprint density at radius 3 is 2.41 bits per heavy atom. The van der Waals surface area contributed by atoms with E-state index < -0.39 is 0 Å². The van der Waals surface area contributed by atoms with Gasteiger partial charge in [-0.25, -0.2) is 4.39 Å². The van der Waals surface area contributed by atoms with Gasteiger partial charge in [-0.1, -0.05) is 35.8 Å². The second kappa shape index (κ2) is 6.50. The lowest BCUT2D eigenvalue weighted by Crippen LogP contribution is -2.35. The minimum atomic E-state index is -0.117. The number of benzene rings is 1. The van der Waals surface area contributed by atoms with Crippen LogP contribution in [-0.4, -0.2) is 13.1 Å². The largest absolute Gasteiger partial charge is 0.317 e. The first kappa shape index (κ1) is 14.7. The maximum absolute atomic E-state index is 13.8. The van der Waals surface area contributed by atoms with E-state index in [-0.39, 0.29) is 5.82 Å². The third-order valence-corrected chi connectivity index (χ3v) is 3.92. The van der Waals surface area contributed by atoms with Crippen LogP contribution in [0.2, 0.25) is 0 Å². The van der Waals surface area contributed by atoms with E-state index in [4.69, 9.17) is 0 Å². The van der Waals surface area contributed by atoms with Crippen molar-refractivity contribution in [2.24, 2.45) is 11.8 Å². The maximum Gasteiger partial charge on any atom is 0.127 e. The fourth-order valence-corrected chi connectivity index (χ4v) is 2.48. The van der Waals surface area contributed by atoms with E-state index >= 15 is 0 Å². The summed E-state index contributed by atoms with van der Waals surface area (Å²) in [6.07, 6.45) is 0.777. The molecule has 1 aromatic rings. The highest BCUT2D eigenvalue weighted by Gasteiger charge is 2.21. The second-order valence-corrected chi connectivity index (χ2v) is 5.84. The summed E-state index contributed by atoms with van der Waals surface area (Å²) in [6, 6.07) is 5.70. The number of halogens is 2. The molecule has 0 heterocycles. The fraction of sp³-hybridized carbons (Fsp3) is 0.571. The van der Waals surface area contributed by atoms with Gasteiger partial charge in [0, 0.05) is 10.5 Å². The van der Waals surface area contributed by atoms with E-state index in [2.05, 4.69) is 42.0 Å². The highest BCUT2D eigenvalue weighted by molar-refractivity contribution is 9.10. The molecule has 0 saturated heterocycles. The van der Waals surface area contributed by atoms with Crippen LogP contribution in [-0.2, 0) is 6.42 Å². The summed E-state index contributed by atoms with van der Waals surface area (Å²) in [5.74, 6) is 0.851. The first-order valence-corrected chi connectivity index (χ1v) is 6.86. The third kappa shape index (κ3) is 4.07. The molecule has 0 spiro atoms. The molecule has 0 aliphatic rings. The lowest BCUT2D eigenvalue weighted by atomic mass is 9.84. The molecule has 1 nitrogen and oxygen atoms in total. The number of hydrogen-bond acceptors (Lipinski definition) is 1. The molecule has 2 atom stereocenters. The third-order valence-electron chi connectivity index (χ3n) is 3.42. The van der Waals surface area contributed by atoms with E-state index in [9.17, 15) is 4.39 Å². The van der Waals surface area contributed by atoms with E-state index in [1.165, 1.54) is 6.07 Å². The van der Waals surface area contributed by atoms with Crippen LogP contribution in [0.5, 0.6) is 0 Å². The van der Waals surface area contributed by atoms with E-state index in [0.717, 1.165) is 16.5 Å². The van der Waals surface area contributed by atoms with Crippen molar-refractivity contribution in [1.82, 2.24) is 5.32 Å². The van der Waals surface area contributed by atoms with E-state index in [1.807, 2.05) is 19.2 Å². The monoisotopic (exact) mass is 301 g/mol. The Labute approximate surface area is 112 Å². The zero-order valence-corrected chi connectivity index (χ0v) is 12.5. The highest BCUT2D eigenvalue weighted by atomic mass is 79.9. The Bertz CT molecular complexity index is 365. The minimum Gasteiger partial charge on any atom is -0.317 e. The molecule has 0 bridgehead atoms. The summed E-state index contributed by atoms with van der Waals surface area (Å²) in [7, 11) is 1.96. The molecule has 17 heavy (non-hydrogen) atoms. The standard InChI is InChI=1S/C14H21BrFN/c1-9(2)13(10(3)17-4)7-11-5-6-12(15)8-14(11)16/h5-6,8-10,13,17H,7H2,1-4H3. The number of rotatable bonds is 5. The Hall–Kier alpha value is -0.410. The van der Waals surface area contributed by atoms with Crippen LogP contribution in [0.1, 0.15) is 26.3 Å². The zero-order valence-electron chi connectivity index (χ0n) is 10.9. The van der Waals surface area contributed by atoms with Crippen molar-refractivity contribution >= 4 is 15.9 Å². The molecule has 0 radical (unpaired) electrons. The smallest absolute Gasteiger partial charge is 0.127 e. The average Bonchev–Trinajstić information content (AvgIpc) is 2.26. The Kier molecular flexibility index (Phi) is 5.60. The van der Waals surface area contributed by atoms with Gasteiger partial charge in [-0.2, -0.15) is 0 Å². The van der Waals surface area contributed by atoms with E-state index in [0.29, 0.717) is 17.9 Å². The van der Waals surface area contributed by atoms with Crippen LogP contribution in [0.3, 0.4) is 0 Å². The van der Waals surface area contributed by atoms with Crippen molar-refractivity contribution < 1.29 is 4.39 Å². The number of hydrogen-bond donors (Lipinski definition) is 1. The normalized spacial score (nSPS) is 15.0. The summed E-state index contributed by atoms with van der Waals surface area (Å²) in [6.45, 7) is 6.53. The summed E-state index contributed by atoms with van der Waals surface area (Å²) < 4.78 is 14.6. The second-order valence-electron chi connectivity index (χ2n) is 4.93. The molecule has 0 aliphatic heterocycles. The van der Waals surface area contributed by atoms with Crippen LogP contribution in [0.15, 0.2) is 22.7 Å². The molecular formula is C14H21BrFN. The van der Waals surface area contributed by atoms with Crippen LogP contribution < -0.4 is 5.32 Å². The molecule has 0 aromatic heterocycles. The Morgan fingerprint density at radius 1 is 1.29 bits per heavy atom. The van der Waals surface area contributed by atoms with Crippen molar-refractivity contribution in [1.29, 1.82) is 0 Å². The van der Waals surface area contributed by atoms with Gasteiger partial charge in [0.2, 0.25) is 0 Å². The van der Waals surface area contributed by atoms with Gasteiger partial charge in [0.15, 0.2) is 0 Å². The predicted octanol–water partition coefficient (Wildman–Crippen LogP) is 4.01. The van der Waals surface area contributed by atoms with Crippen LogP contribution >= 0.6 is 15.9 Å². The molecule has 0 amide bonds. The van der Waals surface area contributed by atoms with Crippen molar-refractivity contribution in [3.63, 3.8) is 0 Å². The summed E-state index contributed by atoms with van der Waals surface area (Å²) in [5.41, 5.74) is 0.800. The average molecular weight is 302 g/mol. The van der Waals surface area contributed by atoms with Gasteiger partial charge in [0.25, 0.3) is 0 Å². The molecule has 2 unspecified atom stereocenters. The van der Waals surface area contributed by atoms with Gasteiger partial charge in [0.05, 0.1) is 0 Å². The lowest BCUT2D eigenvalue weighted by Gasteiger charge is -2.27. The number of nitrogens with one attached hydrogen (secondary N) is 1. The van der Waals surface area contributed by atoms with E-state index in [1.54, 1.807) is 0 Å². The first-order valence-electron chi connectivity index (χ1n) is 6.07. The molecule has 0 aliphatic carbocycles. The van der Waals surface area contributed by atoms with Gasteiger partial charge < -0.3 is 5.32 Å². The van der Waals surface area contributed by atoms with Crippen LogP contribution in [0.4, 0.5) is 4.39 Å². The predicted molar refractivity (Wildman–Crippen MR) is 74.7 cm³/mol. The molecule has 1 aromatic carbocycles. The summed E-state index contributed by atoms with van der Waals surface area (Å²) >= 11 is 3.28. The van der Waals surface area contributed by atoms with Crippen LogP contribution in [0.25, 0.3) is 0 Å². The Balaban J connectivity index is 2.86. The first-order chi connectivity index (χ1) is 7.95. The lowest BCUT2D eigenvalue weighted by molar-refractivity contribution is 0.297. The fourth-order valence-electron chi connectivity index (χ4n) is 2.15. The maximum atomic E-state index is 13.8. The van der Waals surface area contributed by atoms with Gasteiger partial charge in [-0.3, -0.25) is 0 Å². The quantitative estimate of drug-likeness (QED) is 0.866. The molecule has 0 saturated carbocycles. The van der Waals surface area contributed by atoms with Crippen molar-refractivity contribution in [3.8, 4) is 0 Å². The molecule has 1 N–H and O–H groups in total. The van der Waals surface area contributed by atoms with Crippen molar-refractivity contribution in [2.45, 2.75) is 33.2 Å². The SMILES string of the molecule is CNC(C)C(Cc1ccc(Br)cc1F)C(C)C. The molecule has 1 rings (SSSR count). The van der Waals surface area contributed by atoms with Crippen molar-refractivity contribution in [3.05, 3.63) is 34.1 Å². The highest BCUT2D eigenvalue weighted by Crippen LogP contribution is 2.24. The zero-order chi connectivity index (χ0) is 13.0. The van der Waals surface area contributed by atoms with Gasteiger partial charge in [-0.15, -0.1) is 0 Å². The van der Waals surface area contributed by atoms with Gasteiger partial charge in [0.1, 0.15) is 5.82 Å². The summed E-state index contributed by atoms with van der Waals surface area (Å²) in [5, 5.41) is 3.27. The topological polar surface area (TPSA) is 12.0 Å². The van der Waals surface area contributed by atoms with Gasteiger partial charge in [-0.05, 0) is 49.9 Å². The molecule has 0 fully saturated rings. The molecular weight excluding hydrogens is 281 g/mol. The Morgan fingerprint density at radius 2 is 1.94 bits per heavy atom. The van der Waals surface area contributed by atoms with Crippen molar-refractivity contribution in [2.75, 3.05) is 7.05 Å². The minimum absolute atomic E-state index is 0.117. The van der Waals surface area contributed by atoms with Crippen LogP contribution in [0, 0.1) is 17.7 Å². The molecule has 96 valence electrons. The van der Waals surface area contributed by atoms with Gasteiger partial charge >= 0.3 is 0 Å². The molecule has 3 heteroatoms.